The number of nitrogens with zero attached hydrogens (tertiary/aromatic N) is 2. The van der Waals surface area contributed by atoms with Crippen molar-refractivity contribution in [3.63, 3.8) is 0 Å². The molecule has 2 bridgehead atoms. The quantitative estimate of drug-likeness (QED) is 0.726. The van der Waals surface area contributed by atoms with Crippen molar-refractivity contribution < 1.29 is 19.1 Å². The van der Waals surface area contributed by atoms with Crippen LogP contribution in [0.2, 0.25) is 0 Å². The minimum absolute atomic E-state index is 0.186. The lowest BCUT2D eigenvalue weighted by molar-refractivity contribution is -0.134. The van der Waals surface area contributed by atoms with Crippen LogP contribution in [-0.4, -0.2) is 48.2 Å². The summed E-state index contributed by atoms with van der Waals surface area (Å²) in [5.74, 6) is 0. The first kappa shape index (κ1) is 15.8. The number of carbonyl (C=O) groups excluding carboxylic acids is 2. The van der Waals surface area contributed by atoms with Crippen molar-refractivity contribution in [3.05, 3.63) is 0 Å². The fourth-order valence-electron chi connectivity index (χ4n) is 3.19. The van der Waals surface area contributed by atoms with E-state index in [2.05, 4.69) is 6.07 Å². The Labute approximate surface area is 125 Å². The highest BCUT2D eigenvalue weighted by atomic mass is 16.6. The van der Waals surface area contributed by atoms with Crippen molar-refractivity contribution in [2.24, 2.45) is 5.41 Å². The van der Waals surface area contributed by atoms with Gasteiger partial charge in [-0.25, -0.2) is 4.79 Å². The first-order chi connectivity index (χ1) is 9.80. The van der Waals surface area contributed by atoms with Crippen LogP contribution in [0.3, 0.4) is 0 Å². The van der Waals surface area contributed by atoms with Crippen LogP contribution >= 0.6 is 0 Å². The second-order valence-electron chi connectivity index (χ2n) is 6.96. The maximum atomic E-state index is 12.4. The van der Waals surface area contributed by atoms with Crippen LogP contribution < -0.4 is 0 Å². The van der Waals surface area contributed by atoms with Gasteiger partial charge in [0, 0.05) is 11.8 Å². The average Bonchev–Trinajstić information content (AvgIpc) is 2.35. The van der Waals surface area contributed by atoms with Crippen LogP contribution in [0.5, 0.6) is 0 Å². The van der Waals surface area contributed by atoms with E-state index in [1.807, 2.05) is 20.8 Å². The molecule has 2 aliphatic heterocycles. The zero-order valence-corrected chi connectivity index (χ0v) is 12.8. The number of nitriles is 1. The Morgan fingerprint density at radius 2 is 2.00 bits per heavy atom. The number of hydrogen-bond acceptors (Lipinski definition) is 5. The van der Waals surface area contributed by atoms with E-state index in [-0.39, 0.29) is 24.6 Å². The molecule has 0 radical (unpaired) electrons. The van der Waals surface area contributed by atoms with Crippen molar-refractivity contribution >= 4 is 12.4 Å². The molecule has 1 unspecified atom stereocenters. The molecule has 2 saturated heterocycles. The lowest BCUT2D eigenvalue weighted by Crippen LogP contribution is -2.62. The van der Waals surface area contributed by atoms with Gasteiger partial charge in [0.2, 0.25) is 0 Å². The van der Waals surface area contributed by atoms with E-state index in [9.17, 15) is 9.59 Å². The summed E-state index contributed by atoms with van der Waals surface area (Å²) in [5, 5.41) is 8.96. The molecule has 2 heterocycles. The molecule has 3 atom stereocenters. The maximum absolute atomic E-state index is 12.4. The summed E-state index contributed by atoms with van der Waals surface area (Å²) in [6.45, 7) is 6.25. The summed E-state index contributed by atoms with van der Waals surface area (Å²) in [6, 6.07) is 1.69. The lowest BCUT2D eigenvalue weighted by atomic mass is 9.71. The lowest BCUT2D eigenvalue weighted by Gasteiger charge is -2.50. The smallest absolute Gasteiger partial charge is 0.410 e. The second-order valence-corrected chi connectivity index (χ2v) is 6.96. The molecule has 0 aromatic heterocycles. The number of fused-ring (bicyclic) bond motifs is 2. The Hall–Kier alpha value is -1.61. The molecule has 0 aliphatic carbocycles. The summed E-state index contributed by atoms with van der Waals surface area (Å²) >= 11 is 0. The minimum atomic E-state index is -0.660. The summed E-state index contributed by atoms with van der Waals surface area (Å²) < 4.78 is 11.0. The van der Waals surface area contributed by atoms with Gasteiger partial charge in [0.15, 0.2) is 0 Å². The number of piperidine rings is 1. The van der Waals surface area contributed by atoms with E-state index in [0.29, 0.717) is 26.1 Å². The first-order valence-corrected chi connectivity index (χ1v) is 7.22. The number of aldehydes is 1. The molecule has 0 aromatic rings. The molecule has 2 fully saturated rings. The average molecular weight is 294 g/mol. The second kappa shape index (κ2) is 5.64. The Bertz CT molecular complexity index is 449. The minimum Gasteiger partial charge on any atom is -0.444 e. The molecule has 6 heteroatoms. The summed E-state index contributed by atoms with van der Waals surface area (Å²) in [7, 11) is 0. The van der Waals surface area contributed by atoms with Gasteiger partial charge in [0.25, 0.3) is 0 Å². The highest BCUT2D eigenvalue weighted by Crippen LogP contribution is 2.41. The largest absolute Gasteiger partial charge is 0.444 e. The molecule has 2 aliphatic rings. The van der Waals surface area contributed by atoms with E-state index < -0.39 is 11.0 Å². The highest BCUT2D eigenvalue weighted by Gasteiger charge is 2.49. The topological polar surface area (TPSA) is 79.6 Å². The Kier molecular flexibility index (Phi) is 4.24. The van der Waals surface area contributed by atoms with Crippen molar-refractivity contribution in [3.8, 4) is 6.07 Å². The van der Waals surface area contributed by atoms with Gasteiger partial charge in [-0.3, -0.25) is 4.90 Å². The zero-order chi connectivity index (χ0) is 15.7. The van der Waals surface area contributed by atoms with Gasteiger partial charge >= 0.3 is 6.09 Å². The standard InChI is InChI=1S/C15H22N2O4/c1-14(2,3)21-13(19)17-11-6-15(10-18,4-5-16)7-12(17)9-20-8-11/h10-12H,4,6-9H2,1-3H3/t11-,12+,15?. The molecule has 0 spiro atoms. The Balaban J connectivity index is 2.18. The van der Waals surface area contributed by atoms with Crippen LogP contribution in [0, 0.1) is 16.7 Å². The Morgan fingerprint density at radius 3 is 2.43 bits per heavy atom. The number of morpholine rings is 1. The maximum Gasteiger partial charge on any atom is 0.410 e. The summed E-state index contributed by atoms with van der Waals surface area (Å²) in [4.78, 5) is 25.6. The van der Waals surface area contributed by atoms with E-state index in [4.69, 9.17) is 14.7 Å². The van der Waals surface area contributed by atoms with Gasteiger partial charge in [-0.05, 0) is 33.6 Å². The number of amides is 1. The number of hydrogen-bond donors (Lipinski definition) is 0. The first-order valence-electron chi connectivity index (χ1n) is 7.22. The predicted molar refractivity (Wildman–Crippen MR) is 74.4 cm³/mol. The van der Waals surface area contributed by atoms with Gasteiger partial charge in [-0.2, -0.15) is 5.26 Å². The third kappa shape index (κ3) is 3.35. The molecule has 2 rings (SSSR count). The molecule has 21 heavy (non-hydrogen) atoms. The Morgan fingerprint density at radius 1 is 1.43 bits per heavy atom. The third-order valence-electron chi connectivity index (χ3n) is 3.98. The van der Waals surface area contributed by atoms with Crippen molar-refractivity contribution in [1.82, 2.24) is 4.90 Å². The van der Waals surface area contributed by atoms with E-state index in [0.717, 1.165) is 6.29 Å². The van der Waals surface area contributed by atoms with E-state index >= 15 is 0 Å². The zero-order valence-electron chi connectivity index (χ0n) is 12.8. The van der Waals surface area contributed by atoms with Gasteiger partial charge in [0.1, 0.15) is 11.9 Å². The molecule has 0 aromatic carbocycles. The van der Waals surface area contributed by atoms with E-state index in [1.54, 1.807) is 4.90 Å². The van der Waals surface area contributed by atoms with Gasteiger partial charge < -0.3 is 14.3 Å². The predicted octanol–water partition coefficient (Wildman–Crippen LogP) is 1.88. The van der Waals surface area contributed by atoms with Crippen molar-refractivity contribution in [2.45, 2.75) is 57.7 Å². The van der Waals surface area contributed by atoms with Crippen LogP contribution in [0.25, 0.3) is 0 Å². The van der Waals surface area contributed by atoms with Gasteiger partial charge in [-0.1, -0.05) is 0 Å². The molecule has 6 nitrogen and oxygen atoms in total. The number of ether oxygens (including phenoxy) is 2. The highest BCUT2D eigenvalue weighted by molar-refractivity contribution is 5.70. The summed E-state index contributed by atoms with van der Waals surface area (Å²) in [5.41, 5.74) is -1.22. The van der Waals surface area contributed by atoms with Crippen LogP contribution in [0.1, 0.15) is 40.0 Å². The SMILES string of the molecule is CC(C)(C)OC(=O)N1[C@@H]2COC[C@H]1CC(C=O)(CC#N)C2. The van der Waals surface area contributed by atoms with E-state index in [1.165, 1.54) is 0 Å². The van der Waals surface area contributed by atoms with Crippen LogP contribution in [0.15, 0.2) is 0 Å². The normalized spacial score (nSPS) is 32.2. The molecule has 0 N–H and O–H groups in total. The fourth-order valence-corrected chi connectivity index (χ4v) is 3.19. The molecular weight excluding hydrogens is 272 g/mol. The van der Waals surface area contributed by atoms with Gasteiger partial charge in [-0.15, -0.1) is 0 Å². The molecule has 0 saturated carbocycles. The van der Waals surface area contributed by atoms with Crippen molar-refractivity contribution in [2.75, 3.05) is 13.2 Å². The van der Waals surface area contributed by atoms with Crippen LogP contribution in [0.4, 0.5) is 4.79 Å². The van der Waals surface area contributed by atoms with Crippen LogP contribution in [-0.2, 0) is 14.3 Å². The molecule has 116 valence electrons. The monoisotopic (exact) mass is 294 g/mol. The summed E-state index contributed by atoms with van der Waals surface area (Å²) in [6.07, 6.45) is 1.62. The fraction of sp³-hybridized carbons (Fsp3) is 0.800. The molecular formula is C15H22N2O4. The third-order valence-corrected chi connectivity index (χ3v) is 3.98. The number of rotatable bonds is 2. The van der Waals surface area contributed by atoms with Gasteiger partial charge in [0.05, 0.1) is 31.4 Å². The number of carbonyl (C=O) groups is 2. The van der Waals surface area contributed by atoms with Crippen molar-refractivity contribution in [1.29, 1.82) is 5.26 Å². The molecule has 1 amide bonds.